The van der Waals surface area contributed by atoms with Crippen LogP contribution in [0.5, 0.6) is 5.75 Å². The first-order chi connectivity index (χ1) is 6.53. The summed E-state index contributed by atoms with van der Waals surface area (Å²) in [4.78, 5) is 0. The summed E-state index contributed by atoms with van der Waals surface area (Å²) in [7, 11) is 0. The Balaban J connectivity index is 2.67. The molecule has 0 bridgehead atoms. The molecule has 1 aromatic carbocycles. The predicted molar refractivity (Wildman–Crippen MR) is 45.8 cm³/mol. The van der Waals surface area contributed by atoms with Gasteiger partial charge in [-0.2, -0.15) is 13.2 Å². The van der Waals surface area contributed by atoms with Gasteiger partial charge in [-0.1, -0.05) is 12.1 Å². The molecule has 0 aliphatic rings. The Hall–Kier alpha value is -1.43. The van der Waals surface area contributed by atoms with Gasteiger partial charge in [0.15, 0.2) is 6.61 Å². The number of anilines is 1. The van der Waals surface area contributed by atoms with E-state index in [0.29, 0.717) is 5.69 Å². The van der Waals surface area contributed by atoms with Crippen LogP contribution in [0.4, 0.5) is 18.9 Å². The van der Waals surface area contributed by atoms with E-state index in [2.05, 4.69) is 10.2 Å². The number of alkyl halides is 3. The van der Waals surface area contributed by atoms with Crippen molar-refractivity contribution in [3.8, 4) is 5.75 Å². The maximum absolute atomic E-state index is 11.8. The van der Waals surface area contributed by atoms with Gasteiger partial charge in [0, 0.05) is 0 Å². The smallest absolute Gasteiger partial charge is 0.422 e. The summed E-state index contributed by atoms with van der Waals surface area (Å²) in [6.45, 7) is -1.33. The first-order valence-electron chi connectivity index (χ1n) is 3.78. The third-order valence-corrected chi connectivity index (χ3v) is 1.43. The number of benzene rings is 1. The van der Waals surface area contributed by atoms with E-state index < -0.39 is 12.8 Å². The van der Waals surface area contributed by atoms with Crippen molar-refractivity contribution >= 4 is 5.69 Å². The van der Waals surface area contributed by atoms with E-state index in [9.17, 15) is 13.2 Å². The van der Waals surface area contributed by atoms with E-state index in [1.165, 1.54) is 12.1 Å². The number of nitrogens with two attached hydrogens (primary N) is 1. The summed E-state index contributed by atoms with van der Waals surface area (Å²) in [5, 5.41) is 0. The average molecular weight is 206 g/mol. The molecule has 3 nitrogen and oxygen atoms in total. The van der Waals surface area contributed by atoms with Crippen LogP contribution in [0, 0.1) is 0 Å². The second-order valence-corrected chi connectivity index (χ2v) is 2.54. The van der Waals surface area contributed by atoms with Crippen molar-refractivity contribution in [1.82, 2.24) is 0 Å². The number of nitrogens with one attached hydrogen (secondary N) is 1. The van der Waals surface area contributed by atoms with Crippen LogP contribution in [-0.4, -0.2) is 12.8 Å². The summed E-state index contributed by atoms with van der Waals surface area (Å²) in [6.07, 6.45) is -4.35. The first kappa shape index (κ1) is 10.6. The number of hydrazine groups is 1. The summed E-state index contributed by atoms with van der Waals surface area (Å²) in [5.41, 5.74) is 2.56. The lowest BCUT2D eigenvalue weighted by molar-refractivity contribution is -0.153. The van der Waals surface area contributed by atoms with Crippen LogP contribution < -0.4 is 16.0 Å². The molecule has 0 spiro atoms. The van der Waals surface area contributed by atoms with Gasteiger partial charge in [0.2, 0.25) is 0 Å². The zero-order valence-electron chi connectivity index (χ0n) is 7.14. The summed E-state index contributed by atoms with van der Waals surface area (Å²) >= 11 is 0. The van der Waals surface area contributed by atoms with Gasteiger partial charge in [-0.25, -0.2) is 0 Å². The molecule has 14 heavy (non-hydrogen) atoms. The average Bonchev–Trinajstić information content (AvgIpc) is 2.14. The molecule has 0 fully saturated rings. The molecule has 0 aliphatic heterocycles. The molecule has 1 aromatic rings. The second kappa shape index (κ2) is 4.19. The molecule has 3 N–H and O–H groups in total. The van der Waals surface area contributed by atoms with Crippen molar-refractivity contribution in [2.45, 2.75) is 6.18 Å². The largest absolute Gasteiger partial charge is 0.482 e. The monoisotopic (exact) mass is 206 g/mol. The van der Waals surface area contributed by atoms with Crippen molar-refractivity contribution in [2.24, 2.45) is 5.84 Å². The number of hydrogen-bond donors (Lipinski definition) is 2. The molecule has 0 unspecified atom stereocenters. The number of halogens is 3. The lowest BCUT2D eigenvalue weighted by Gasteiger charge is -2.12. The van der Waals surface area contributed by atoms with Crippen molar-refractivity contribution in [1.29, 1.82) is 0 Å². The zero-order chi connectivity index (χ0) is 10.6. The molecule has 0 aromatic heterocycles. The quantitative estimate of drug-likeness (QED) is 0.586. The summed E-state index contributed by atoms with van der Waals surface area (Å²) < 4.78 is 39.9. The number of ether oxygens (including phenoxy) is 1. The highest BCUT2D eigenvalue weighted by Crippen LogP contribution is 2.25. The van der Waals surface area contributed by atoms with E-state index in [4.69, 9.17) is 5.84 Å². The molecule has 0 radical (unpaired) electrons. The Labute approximate surface area is 78.6 Å². The van der Waals surface area contributed by atoms with Crippen molar-refractivity contribution in [3.05, 3.63) is 24.3 Å². The van der Waals surface area contributed by atoms with Gasteiger partial charge in [0.25, 0.3) is 0 Å². The highest BCUT2D eigenvalue weighted by molar-refractivity contribution is 5.55. The Kier molecular flexibility index (Phi) is 3.19. The van der Waals surface area contributed by atoms with Crippen molar-refractivity contribution in [3.63, 3.8) is 0 Å². The fourth-order valence-corrected chi connectivity index (χ4v) is 0.871. The number of hydrogen-bond acceptors (Lipinski definition) is 3. The molecule has 6 heteroatoms. The molecular weight excluding hydrogens is 197 g/mol. The van der Waals surface area contributed by atoms with Gasteiger partial charge >= 0.3 is 6.18 Å². The number of nitrogen functional groups attached to an aromatic ring is 1. The molecule has 0 saturated heterocycles. The third kappa shape index (κ3) is 3.14. The van der Waals surface area contributed by atoms with Crippen LogP contribution in [0.1, 0.15) is 0 Å². The van der Waals surface area contributed by atoms with E-state index in [-0.39, 0.29) is 5.75 Å². The van der Waals surface area contributed by atoms with Gasteiger partial charge < -0.3 is 10.2 Å². The van der Waals surface area contributed by atoms with Crippen molar-refractivity contribution in [2.75, 3.05) is 12.0 Å². The van der Waals surface area contributed by atoms with Gasteiger partial charge in [0.05, 0.1) is 5.69 Å². The Morgan fingerprint density at radius 3 is 2.50 bits per heavy atom. The van der Waals surface area contributed by atoms with Crippen LogP contribution in [0.15, 0.2) is 24.3 Å². The minimum absolute atomic E-state index is 0.0762. The molecule has 0 saturated carbocycles. The highest BCUT2D eigenvalue weighted by Gasteiger charge is 2.28. The fraction of sp³-hybridized carbons (Fsp3) is 0.250. The molecular formula is C8H9F3N2O. The van der Waals surface area contributed by atoms with Crippen LogP contribution in [0.25, 0.3) is 0 Å². The maximum Gasteiger partial charge on any atom is 0.422 e. The Morgan fingerprint density at radius 2 is 1.93 bits per heavy atom. The van der Waals surface area contributed by atoms with E-state index in [1.807, 2.05) is 0 Å². The Bertz CT molecular complexity index is 301. The zero-order valence-corrected chi connectivity index (χ0v) is 7.14. The van der Waals surface area contributed by atoms with Crippen LogP contribution >= 0.6 is 0 Å². The fourth-order valence-electron chi connectivity index (χ4n) is 0.871. The lowest BCUT2D eigenvalue weighted by atomic mass is 10.3. The minimum Gasteiger partial charge on any atom is -0.482 e. The van der Waals surface area contributed by atoms with Crippen LogP contribution in [-0.2, 0) is 0 Å². The molecule has 0 heterocycles. The molecule has 0 atom stereocenters. The van der Waals surface area contributed by atoms with Gasteiger partial charge in [-0.05, 0) is 12.1 Å². The van der Waals surface area contributed by atoms with Crippen molar-refractivity contribution < 1.29 is 17.9 Å². The van der Waals surface area contributed by atoms with E-state index in [1.54, 1.807) is 12.1 Å². The van der Waals surface area contributed by atoms with Crippen LogP contribution in [0.2, 0.25) is 0 Å². The highest BCUT2D eigenvalue weighted by atomic mass is 19.4. The third-order valence-electron chi connectivity index (χ3n) is 1.43. The SMILES string of the molecule is NNc1ccccc1OCC(F)(F)F. The Morgan fingerprint density at radius 1 is 1.29 bits per heavy atom. The summed E-state index contributed by atoms with van der Waals surface area (Å²) in [5.74, 6) is 5.15. The number of para-hydroxylation sites is 2. The predicted octanol–water partition coefficient (Wildman–Crippen LogP) is 1.91. The van der Waals surface area contributed by atoms with Gasteiger partial charge in [-0.3, -0.25) is 5.84 Å². The normalized spacial score (nSPS) is 11.1. The standard InChI is InChI=1S/C8H9F3N2O/c9-8(10,11)5-14-7-4-2-1-3-6(7)13-12/h1-4,13H,5,12H2. The minimum atomic E-state index is -4.35. The molecule has 78 valence electrons. The lowest BCUT2D eigenvalue weighted by Crippen LogP contribution is -2.20. The van der Waals surface area contributed by atoms with Gasteiger partial charge in [0.1, 0.15) is 5.75 Å². The first-order valence-corrected chi connectivity index (χ1v) is 3.78. The van der Waals surface area contributed by atoms with Crippen LogP contribution in [0.3, 0.4) is 0 Å². The van der Waals surface area contributed by atoms with E-state index in [0.717, 1.165) is 0 Å². The topological polar surface area (TPSA) is 47.3 Å². The molecule has 0 aliphatic carbocycles. The summed E-state index contributed by atoms with van der Waals surface area (Å²) in [6, 6.07) is 6.12. The molecule has 1 rings (SSSR count). The maximum atomic E-state index is 11.8. The molecule has 0 amide bonds. The van der Waals surface area contributed by atoms with Gasteiger partial charge in [-0.15, -0.1) is 0 Å². The second-order valence-electron chi connectivity index (χ2n) is 2.54. The van der Waals surface area contributed by atoms with E-state index >= 15 is 0 Å². The number of rotatable bonds is 3.